The molecule has 1 atom stereocenters. The third kappa shape index (κ3) is 2.32. The minimum Gasteiger partial charge on any atom is -0.274 e. The van der Waals surface area contributed by atoms with E-state index in [1.54, 1.807) is 31.2 Å². The number of imide groups is 1. The van der Waals surface area contributed by atoms with Gasteiger partial charge in [-0.15, -0.1) is 5.10 Å². The molecule has 0 radical (unpaired) electrons. The van der Waals surface area contributed by atoms with E-state index in [4.69, 9.17) is 0 Å². The molecule has 2 aromatic rings. The Kier molecular flexibility index (Phi) is 3.27. The van der Waals surface area contributed by atoms with Gasteiger partial charge < -0.3 is 0 Å². The number of carbonyl (C=O) groups is 2. The number of nitrogens with one attached hydrogen (secondary N) is 1. The minimum absolute atomic E-state index is 0.173. The average Bonchev–Trinajstić information content (AvgIpc) is 2.96. The normalized spacial score (nSPS) is 18.9. The van der Waals surface area contributed by atoms with Gasteiger partial charge in [0.05, 0.1) is 5.69 Å². The SMILES string of the molecule is Cc1nc(S[C@@H]2CC(=O)N(c3ccccc3)C2=O)n[nH]1. The summed E-state index contributed by atoms with van der Waals surface area (Å²) in [6.45, 7) is 1.79. The van der Waals surface area contributed by atoms with Gasteiger partial charge in [0, 0.05) is 6.42 Å². The Morgan fingerprint density at radius 1 is 1.30 bits per heavy atom. The van der Waals surface area contributed by atoms with Crippen molar-refractivity contribution in [3.63, 3.8) is 0 Å². The molecule has 3 rings (SSSR count). The van der Waals surface area contributed by atoms with E-state index in [1.807, 2.05) is 6.07 Å². The number of hydrogen-bond donors (Lipinski definition) is 1. The summed E-state index contributed by atoms with van der Waals surface area (Å²) in [5, 5.41) is 6.73. The molecule has 0 saturated carbocycles. The second-order valence-electron chi connectivity index (χ2n) is 4.42. The molecule has 1 aliphatic heterocycles. The molecule has 0 unspecified atom stereocenters. The zero-order chi connectivity index (χ0) is 14.1. The molecule has 2 amide bonds. The lowest BCUT2D eigenvalue weighted by atomic mass is 10.3. The highest BCUT2D eigenvalue weighted by molar-refractivity contribution is 8.00. The fourth-order valence-electron chi connectivity index (χ4n) is 2.05. The lowest BCUT2D eigenvalue weighted by molar-refractivity contribution is -0.121. The molecule has 102 valence electrons. The van der Waals surface area contributed by atoms with E-state index < -0.39 is 5.25 Å². The summed E-state index contributed by atoms with van der Waals surface area (Å²) in [5.74, 6) is 0.281. The van der Waals surface area contributed by atoms with Crippen LogP contribution in [-0.4, -0.2) is 32.2 Å². The monoisotopic (exact) mass is 288 g/mol. The molecule has 0 aliphatic carbocycles. The molecule has 1 aromatic carbocycles. The van der Waals surface area contributed by atoms with E-state index in [1.165, 1.54) is 16.7 Å². The summed E-state index contributed by atoms with van der Waals surface area (Å²) in [7, 11) is 0. The highest BCUT2D eigenvalue weighted by atomic mass is 32.2. The smallest absolute Gasteiger partial charge is 0.247 e. The summed E-state index contributed by atoms with van der Waals surface area (Å²) >= 11 is 1.22. The number of amides is 2. The summed E-state index contributed by atoms with van der Waals surface area (Å²) in [6.07, 6.45) is 0.173. The molecular weight excluding hydrogens is 276 g/mol. The zero-order valence-electron chi connectivity index (χ0n) is 10.7. The number of benzene rings is 1. The van der Waals surface area contributed by atoms with Gasteiger partial charge in [-0.05, 0) is 19.1 Å². The molecule has 6 nitrogen and oxygen atoms in total. The van der Waals surface area contributed by atoms with Crippen molar-refractivity contribution in [1.29, 1.82) is 0 Å². The lowest BCUT2D eigenvalue weighted by Gasteiger charge is -2.14. The van der Waals surface area contributed by atoms with Gasteiger partial charge in [0.15, 0.2) is 0 Å². The van der Waals surface area contributed by atoms with Crippen LogP contribution in [0.3, 0.4) is 0 Å². The van der Waals surface area contributed by atoms with E-state index in [0.717, 1.165) is 0 Å². The Morgan fingerprint density at radius 3 is 2.70 bits per heavy atom. The zero-order valence-corrected chi connectivity index (χ0v) is 11.6. The van der Waals surface area contributed by atoms with E-state index in [-0.39, 0.29) is 18.2 Å². The van der Waals surface area contributed by atoms with Crippen molar-refractivity contribution in [2.45, 2.75) is 23.8 Å². The van der Waals surface area contributed by atoms with Crippen LogP contribution in [0.25, 0.3) is 0 Å². The molecule has 1 saturated heterocycles. The number of aromatic amines is 1. The summed E-state index contributed by atoms with van der Waals surface area (Å²) in [5.41, 5.74) is 0.608. The molecule has 0 bridgehead atoms. The van der Waals surface area contributed by atoms with Crippen LogP contribution in [0.4, 0.5) is 5.69 Å². The van der Waals surface area contributed by atoms with Crippen LogP contribution in [0, 0.1) is 6.92 Å². The number of H-pyrrole nitrogens is 1. The first-order valence-corrected chi connectivity index (χ1v) is 7.00. The molecule has 7 heteroatoms. The van der Waals surface area contributed by atoms with Gasteiger partial charge in [-0.25, -0.2) is 9.88 Å². The van der Waals surface area contributed by atoms with E-state index >= 15 is 0 Å². The maximum Gasteiger partial charge on any atom is 0.247 e. The van der Waals surface area contributed by atoms with Crippen molar-refractivity contribution in [3.8, 4) is 0 Å². The Hall–Kier alpha value is -2.15. The van der Waals surface area contributed by atoms with E-state index in [0.29, 0.717) is 16.7 Å². The van der Waals surface area contributed by atoms with Gasteiger partial charge in [0.25, 0.3) is 0 Å². The molecule has 1 fully saturated rings. The first-order valence-electron chi connectivity index (χ1n) is 6.12. The van der Waals surface area contributed by atoms with Gasteiger partial charge in [0.1, 0.15) is 11.1 Å². The fraction of sp³-hybridized carbons (Fsp3) is 0.231. The average molecular weight is 288 g/mol. The molecule has 1 aromatic heterocycles. The highest BCUT2D eigenvalue weighted by Crippen LogP contribution is 2.32. The predicted molar refractivity (Wildman–Crippen MR) is 74.3 cm³/mol. The topological polar surface area (TPSA) is 79.0 Å². The van der Waals surface area contributed by atoms with Crippen molar-refractivity contribution in [3.05, 3.63) is 36.2 Å². The Bertz CT molecular complexity index is 655. The Balaban J connectivity index is 1.80. The van der Waals surface area contributed by atoms with Crippen molar-refractivity contribution in [1.82, 2.24) is 15.2 Å². The van der Waals surface area contributed by atoms with Gasteiger partial charge in [-0.3, -0.25) is 14.7 Å². The summed E-state index contributed by atoms with van der Waals surface area (Å²) in [4.78, 5) is 29.8. The predicted octanol–water partition coefficient (Wildman–Crippen LogP) is 1.54. The number of aromatic nitrogens is 3. The van der Waals surface area contributed by atoms with Crippen LogP contribution in [0.15, 0.2) is 35.5 Å². The van der Waals surface area contributed by atoms with Crippen LogP contribution in [0.5, 0.6) is 0 Å². The van der Waals surface area contributed by atoms with Crippen molar-refractivity contribution in [2.75, 3.05) is 4.90 Å². The van der Waals surface area contributed by atoms with Crippen molar-refractivity contribution >= 4 is 29.3 Å². The number of thioether (sulfide) groups is 1. The summed E-state index contributed by atoms with van der Waals surface area (Å²) < 4.78 is 0. The standard InChI is InChI=1S/C13H12N4O2S/c1-8-14-13(16-15-8)20-10-7-11(18)17(12(10)19)9-5-3-2-4-6-9/h2-6,10H,7H2,1H3,(H,14,15,16)/t10-/m1/s1. The third-order valence-electron chi connectivity index (χ3n) is 2.94. The molecule has 0 spiro atoms. The number of hydrogen-bond acceptors (Lipinski definition) is 5. The summed E-state index contributed by atoms with van der Waals surface area (Å²) in [6, 6.07) is 8.95. The Labute approximate surface area is 119 Å². The second kappa shape index (κ2) is 5.09. The lowest BCUT2D eigenvalue weighted by Crippen LogP contribution is -2.31. The van der Waals surface area contributed by atoms with Crippen LogP contribution in [0.1, 0.15) is 12.2 Å². The van der Waals surface area contributed by atoms with Crippen LogP contribution >= 0.6 is 11.8 Å². The van der Waals surface area contributed by atoms with Crippen molar-refractivity contribution < 1.29 is 9.59 Å². The van der Waals surface area contributed by atoms with Gasteiger partial charge >= 0.3 is 0 Å². The van der Waals surface area contributed by atoms with Crippen LogP contribution in [-0.2, 0) is 9.59 Å². The van der Waals surface area contributed by atoms with Gasteiger partial charge in [-0.2, -0.15) is 0 Å². The quantitative estimate of drug-likeness (QED) is 0.867. The van der Waals surface area contributed by atoms with Crippen LogP contribution in [0.2, 0.25) is 0 Å². The van der Waals surface area contributed by atoms with Crippen molar-refractivity contribution in [2.24, 2.45) is 0 Å². The van der Waals surface area contributed by atoms with Gasteiger partial charge in [0.2, 0.25) is 17.0 Å². The maximum absolute atomic E-state index is 12.3. The fourth-order valence-corrected chi connectivity index (χ4v) is 3.02. The second-order valence-corrected chi connectivity index (χ2v) is 5.59. The molecule has 2 heterocycles. The number of carbonyl (C=O) groups excluding carboxylic acids is 2. The van der Waals surface area contributed by atoms with Gasteiger partial charge in [-0.1, -0.05) is 30.0 Å². The third-order valence-corrected chi connectivity index (χ3v) is 3.99. The highest BCUT2D eigenvalue weighted by Gasteiger charge is 2.40. The van der Waals surface area contributed by atoms with E-state index in [9.17, 15) is 9.59 Å². The number of para-hydroxylation sites is 1. The first kappa shape index (κ1) is 12.9. The number of anilines is 1. The number of aryl methyl sites for hydroxylation is 1. The largest absolute Gasteiger partial charge is 0.274 e. The molecular formula is C13H12N4O2S. The number of rotatable bonds is 3. The van der Waals surface area contributed by atoms with E-state index in [2.05, 4.69) is 15.2 Å². The molecule has 1 aliphatic rings. The first-order chi connectivity index (χ1) is 9.65. The maximum atomic E-state index is 12.3. The Morgan fingerprint density at radius 2 is 2.05 bits per heavy atom. The van der Waals surface area contributed by atoms with Crippen LogP contribution < -0.4 is 4.90 Å². The molecule has 20 heavy (non-hydrogen) atoms. The molecule has 1 N–H and O–H groups in total. The number of nitrogens with zero attached hydrogens (tertiary/aromatic N) is 3. The minimum atomic E-state index is -0.460.